The minimum atomic E-state index is -4.02. The highest BCUT2D eigenvalue weighted by molar-refractivity contribution is 9.09. The summed E-state index contributed by atoms with van der Waals surface area (Å²) in [7, 11) is -7.96. The fraction of sp³-hybridized carbons (Fsp3) is 0.364. The van der Waals surface area contributed by atoms with Gasteiger partial charge in [0.2, 0.25) is 11.8 Å². The Hall–Kier alpha value is -7.09. The van der Waals surface area contributed by atoms with E-state index in [2.05, 4.69) is 74.1 Å². The van der Waals surface area contributed by atoms with E-state index in [-0.39, 0.29) is 75.8 Å². The summed E-state index contributed by atoms with van der Waals surface area (Å²) in [4.78, 5) is 56.5. The van der Waals surface area contributed by atoms with Gasteiger partial charge in [-0.3, -0.25) is 19.0 Å². The van der Waals surface area contributed by atoms with Gasteiger partial charge >= 0.3 is 11.9 Å². The first-order valence-electron chi connectivity index (χ1n) is 29.7. The Bertz CT molecular complexity index is 3670. The molecule has 8 N–H and O–H groups in total. The van der Waals surface area contributed by atoms with Crippen LogP contribution in [-0.2, 0) is 74.6 Å². The zero-order chi connectivity index (χ0) is 65.5. The highest BCUT2D eigenvalue weighted by Crippen LogP contribution is 2.44. The molecular weight excluding hydrogens is 1340 g/mol. The van der Waals surface area contributed by atoms with Gasteiger partial charge in [0.15, 0.2) is 10.1 Å². The molecule has 0 spiro atoms. The number of ether oxygens (including phenoxy) is 2. The Balaban J connectivity index is 0.000000263. The first-order valence-corrected chi connectivity index (χ1v) is 35.3. The van der Waals surface area contributed by atoms with Crippen molar-refractivity contribution in [1.29, 1.82) is 0 Å². The van der Waals surface area contributed by atoms with Gasteiger partial charge in [0.25, 0.3) is 20.0 Å². The van der Waals surface area contributed by atoms with Gasteiger partial charge in [-0.2, -0.15) is 16.8 Å². The molecule has 2 aromatic heterocycles. The molecular formula is C66H79Br2N7O12S3. The summed E-state index contributed by atoms with van der Waals surface area (Å²) in [6.45, 7) is 8.39. The molecule has 0 saturated heterocycles. The number of amides is 2. The number of cyclic esters (lactones) is 2. The number of halogens is 2. The van der Waals surface area contributed by atoms with E-state index in [1.165, 1.54) is 24.5 Å². The van der Waals surface area contributed by atoms with Crippen LogP contribution in [0.15, 0.2) is 179 Å². The highest BCUT2D eigenvalue weighted by Gasteiger charge is 2.45. The third-order valence-corrected chi connectivity index (χ3v) is 19.2. The fourth-order valence-electron chi connectivity index (χ4n) is 11.0. The first kappa shape index (κ1) is 72.0. The van der Waals surface area contributed by atoms with Gasteiger partial charge in [-0.25, -0.2) is 19.6 Å². The molecule has 4 aromatic carbocycles. The maximum Gasteiger partial charge on any atom is 0.338 e. The summed E-state index contributed by atoms with van der Waals surface area (Å²) < 4.78 is 71.6. The number of carbonyl (C=O) groups excluding carboxylic acids is 4. The normalized spacial score (nSPS) is 17.2. The molecule has 2 aliphatic rings. The first-order chi connectivity index (χ1) is 43.1. The predicted molar refractivity (Wildman–Crippen MR) is 359 cm³/mol. The molecule has 24 heteroatoms. The zero-order valence-corrected chi connectivity index (χ0v) is 56.5. The second-order valence-corrected chi connectivity index (χ2v) is 26.5. The summed E-state index contributed by atoms with van der Waals surface area (Å²) in [5, 5.41) is 25.4. The third kappa shape index (κ3) is 20.2. The number of nitrogens with two attached hydrogens (primary N) is 1. The molecule has 90 heavy (non-hydrogen) atoms. The molecule has 0 aliphatic carbocycles. The van der Waals surface area contributed by atoms with E-state index in [1.807, 2.05) is 94.4 Å². The molecule has 0 unspecified atom stereocenters. The number of hydrogen-bond donors (Lipinski definition) is 8. The molecule has 482 valence electrons. The number of pyridine rings is 2. The molecule has 2 aliphatic heterocycles. The maximum atomic E-state index is 13.5. The van der Waals surface area contributed by atoms with Gasteiger partial charge in [0.05, 0.1) is 21.8 Å². The Morgan fingerprint density at radius 2 is 1.01 bits per heavy atom. The number of alkyl halides is 2. The lowest BCUT2D eigenvalue weighted by atomic mass is 9.80. The summed E-state index contributed by atoms with van der Waals surface area (Å²) in [5.74, 6) is -2.27. The smallest absolute Gasteiger partial charge is 0.338 e. The van der Waals surface area contributed by atoms with Crippen molar-refractivity contribution in [3.63, 3.8) is 0 Å². The van der Waals surface area contributed by atoms with E-state index in [1.54, 1.807) is 54.6 Å². The minimum absolute atomic E-state index is 0.0252. The number of carbonyl (C=O) groups is 4. The van der Waals surface area contributed by atoms with Gasteiger partial charge in [-0.1, -0.05) is 182 Å². The number of benzene rings is 4. The van der Waals surface area contributed by atoms with Gasteiger partial charge in [-0.05, 0) is 121 Å². The van der Waals surface area contributed by atoms with E-state index < -0.39 is 55.0 Å². The molecule has 0 saturated carbocycles. The largest absolute Gasteiger partial charge is 0.512 e. The summed E-state index contributed by atoms with van der Waals surface area (Å²) in [5.41, 5.74) is 10.1. The van der Waals surface area contributed by atoms with Crippen molar-refractivity contribution in [3.8, 4) is 0 Å². The van der Waals surface area contributed by atoms with E-state index in [9.17, 15) is 46.2 Å². The lowest BCUT2D eigenvalue weighted by Gasteiger charge is -2.38. The number of aliphatic hydroxyl groups excluding tert-OH is 2. The highest BCUT2D eigenvalue weighted by atomic mass is 79.9. The van der Waals surface area contributed by atoms with Gasteiger partial charge < -0.3 is 35.5 Å². The summed E-state index contributed by atoms with van der Waals surface area (Å²) in [6.07, 6.45) is 9.89. The number of esters is 2. The average molecular weight is 1420 g/mol. The molecule has 0 bridgehead atoms. The van der Waals surface area contributed by atoms with Crippen LogP contribution in [0.5, 0.6) is 0 Å². The lowest BCUT2D eigenvalue weighted by molar-refractivity contribution is -0.162. The Morgan fingerprint density at radius 3 is 1.34 bits per heavy atom. The molecule has 8 rings (SSSR count). The number of aryl methyl sites for hydroxylation is 2. The standard InChI is InChI=1S/C33H38BrN3O6S.C31H37N3O5S.C2H4BrNOS/c1-3-16-33(17-15-23-9-6-5-7-10-23)19-28(38)31(32(40)43-33)27(4-2)25-11-8-12-26(18-25)37-44(41,42)30-14-13-24(22-36-30)21-35-29(39)20-34;1-3-16-31(17-15-22-9-6-5-7-10-22)19-27(35)29(30(36)39-31)26(4-2)24-11-8-12-25(18-24)34-40(37,38)28-14-13-23(20-32)21-33-28;3-1-2(5)4-6/h5-14,18,22,27,37-38H,3-4,15-17,19-21H2,1-2H3,(H,35,39);5-14,18,21,26,34-35H,3-4,15-17,19-20,32H2,1-2H3;6H,1H2,(H,4,5)/t27-,33-;26-,31-;/m11./s1. The molecule has 19 nitrogen and oxygen atoms in total. The quantitative estimate of drug-likeness (QED) is 0.0135. The SMILES string of the molecule is CCC[C@@]1(CCc2ccccc2)CC(O)=C([C@H](CC)c2cccc(NS(=O)(=O)c3ccc(CN)cn3)c2)C(=O)O1.CCC[C@@]1(CCc2ccccc2)CC(O)=C([C@H](CC)c2cccc(NS(=O)(=O)c3ccc(CNC(=O)CBr)cn3)c2)C(=O)O1.O=C(CBr)NS. The van der Waals surface area contributed by atoms with Crippen LogP contribution in [0.2, 0.25) is 0 Å². The van der Waals surface area contributed by atoms with Crippen molar-refractivity contribution in [1.82, 2.24) is 20.0 Å². The van der Waals surface area contributed by atoms with Crippen molar-refractivity contribution in [3.05, 3.63) is 202 Å². The molecule has 0 radical (unpaired) electrons. The number of aliphatic hydroxyl groups is 2. The second-order valence-electron chi connectivity index (χ2n) is 21.9. The number of sulfonamides is 2. The summed E-state index contributed by atoms with van der Waals surface area (Å²) in [6, 6.07) is 39.6. The van der Waals surface area contributed by atoms with E-state index in [0.717, 1.165) is 42.4 Å². The van der Waals surface area contributed by atoms with Crippen LogP contribution in [0.4, 0.5) is 11.4 Å². The maximum absolute atomic E-state index is 13.5. The number of thiol groups is 1. The van der Waals surface area contributed by atoms with Crippen molar-refractivity contribution >= 4 is 99.8 Å². The molecule has 4 heterocycles. The number of anilines is 2. The van der Waals surface area contributed by atoms with Crippen molar-refractivity contribution in [2.24, 2.45) is 5.73 Å². The van der Waals surface area contributed by atoms with Crippen LogP contribution in [0.25, 0.3) is 0 Å². The zero-order valence-electron chi connectivity index (χ0n) is 50.8. The monoisotopic (exact) mass is 1420 g/mol. The average Bonchev–Trinajstić information content (AvgIpc) is 2.15. The Labute approximate surface area is 550 Å². The van der Waals surface area contributed by atoms with Gasteiger partial charge in [0.1, 0.15) is 22.7 Å². The van der Waals surface area contributed by atoms with Crippen molar-refractivity contribution in [2.45, 2.75) is 151 Å². The Kier molecular flexibility index (Phi) is 27.5. The topological polar surface area (TPSA) is 295 Å². The molecule has 0 fully saturated rings. The number of nitrogens with one attached hydrogen (secondary N) is 4. The third-order valence-electron chi connectivity index (χ3n) is 15.3. The van der Waals surface area contributed by atoms with Crippen LogP contribution in [0.3, 0.4) is 0 Å². The van der Waals surface area contributed by atoms with Crippen LogP contribution in [0.1, 0.15) is 137 Å². The van der Waals surface area contributed by atoms with Crippen LogP contribution >= 0.6 is 44.7 Å². The summed E-state index contributed by atoms with van der Waals surface area (Å²) >= 11 is 9.45. The molecule has 2 amide bonds. The molecule has 4 atom stereocenters. The van der Waals surface area contributed by atoms with E-state index >= 15 is 0 Å². The fourth-order valence-corrected chi connectivity index (χ4v) is 13.6. The number of rotatable bonds is 27. The Morgan fingerprint density at radius 1 is 0.589 bits per heavy atom. The second kappa shape index (κ2) is 34.4. The lowest BCUT2D eigenvalue weighted by Crippen LogP contribution is -2.41. The van der Waals surface area contributed by atoms with Gasteiger partial charge in [-0.15, -0.1) is 0 Å². The van der Waals surface area contributed by atoms with E-state index in [4.69, 9.17) is 15.2 Å². The number of hydrogen-bond acceptors (Lipinski definition) is 16. The predicted octanol–water partition coefficient (Wildman–Crippen LogP) is 12.4. The van der Waals surface area contributed by atoms with E-state index in [0.29, 0.717) is 71.9 Å². The van der Waals surface area contributed by atoms with Crippen LogP contribution < -0.4 is 25.2 Å². The molecule has 6 aromatic rings. The van der Waals surface area contributed by atoms with Crippen LogP contribution in [0, 0.1) is 0 Å². The van der Waals surface area contributed by atoms with Crippen molar-refractivity contribution in [2.75, 3.05) is 20.1 Å². The number of aromatic nitrogens is 2. The van der Waals surface area contributed by atoms with Crippen LogP contribution in [-0.4, -0.2) is 82.6 Å². The van der Waals surface area contributed by atoms with Crippen molar-refractivity contribution < 1.29 is 55.7 Å². The number of nitrogens with zero attached hydrogens (tertiary/aromatic N) is 2. The minimum Gasteiger partial charge on any atom is -0.512 e. The van der Waals surface area contributed by atoms with Gasteiger partial charge in [0, 0.05) is 61.5 Å².